The van der Waals surface area contributed by atoms with Gasteiger partial charge >= 0.3 is 0 Å². The molecule has 1 aromatic heterocycles. The summed E-state index contributed by atoms with van der Waals surface area (Å²) in [6, 6.07) is 12.4. The first-order chi connectivity index (χ1) is 16.5. The summed E-state index contributed by atoms with van der Waals surface area (Å²) in [6.45, 7) is 5.47. The van der Waals surface area contributed by atoms with Crippen LogP contribution in [0.5, 0.6) is 0 Å². The van der Waals surface area contributed by atoms with Crippen LogP contribution < -0.4 is 5.32 Å². The summed E-state index contributed by atoms with van der Waals surface area (Å²) in [5.74, 6) is -0.154. The largest absolute Gasteiger partial charge is 0.351 e. The molecule has 2 aliphatic rings. The summed E-state index contributed by atoms with van der Waals surface area (Å²) < 4.78 is 14.5. The maximum absolute atomic E-state index is 14.5. The van der Waals surface area contributed by atoms with Crippen molar-refractivity contribution in [1.82, 2.24) is 14.8 Å². The third-order valence-electron chi connectivity index (χ3n) is 7.29. The SMILES string of the molecule is Cc1c(CN2CCN(C(=O)C3CCCC3)CC2)cc(F)cc1NC(=O)c1cc2ccccc2[nH]1. The van der Waals surface area contributed by atoms with Crippen LogP contribution in [-0.4, -0.2) is 52.8 Å². The number of nitrogens with one attached hydrogen (secondary N) is 2. The number of benzene rings is 2. The second kappa shape index (κ2) is 9.58. The van der Waals surface area contributed by atoms with Crippen molar-refractivity contribution in [2.75, 3.05) is 31.5 Å². The molecule has 3 aromatic rings. The Balaban J connectivity index is 1.24. The Bertz CT molecular complexity index is 1170. The fourth-order valence-electron chi connectivity index (χ4n) is 5.21. The van der Waals surface area contributed by atoms with Gasteiger partial charge in [-0.1, -0.05) is 31.0 Å². The highest BCUT2D eigenvalue weighted by atomic mass is 19.1. The highest BCUT2D eigenvalue weighted by molar-refractivity contribution is 6.06. The molecule has 178 valence electrons. The molecule has 1 saturated heterocycles. The molecule has 34 heavy (non-hydrogen) atoms. The zero-order valence-electron chi connectivity index (χ0n) is 19.6. The van der Waals surface area contributed by atoms with Gasteiger partial charge in [0.1, 0.15) is 11.5 Å². The van der Waals surface area contributed by atoms with Gasteiger partial charge in [-0.15, -0.1) is 0 Å². The van der Waals surface area contributed by atoms with Gasteiger partial charge in [0.2, 0.25) is 5.91 Å². The third-order valence-corrected chi connectivity index (χ3v) is 7.29. The smallest absolute Gasteiger partial charge is 0.272 e. The van der Waals surface area contributed by atoms with Crippen LogP contribution in [0, 0.1) is 18.7 Å². The van der Waals surface area contributed by atoms with Crippen molar-refractivity contribution >= 4 is 28.4 Å². The number of carbonyl (C=O) groups is 2. The number of amides is 2. The molecular formula is C27H31FN4O2. The number of fused-ring (bicyclic) bond motifs is 1. The summed E-state index contributed by atoms with van der Waals surface area (Å²) >= 11 is 0. The molecule has 0 unspecified atom stereocenters. The van der Waals surface area contributed by atoms with E-state index in [1.807, 2.05) is 36.1 Å². The Kier molecular flexibility index (Phi) is 6.37. The molecule has 2 fully saturated rings. The molecule has 0 atom stereocenters. The second-order valence-corrected chi connectivity index (χ2v) is 9.54. The van der Waals surface area contributed by atoms with Gasteiger partial charge in [0, 0.05) is 55.2 Å². The van der Waals surface area contributed by atoms with E-state index in [-0.39, 0.29) is 17.6 Å². The monoisotopic (exact) mass is 462 g/mol. The molecule has 2 amide bonds. The molecule has 1 saturated carbocycles. The van der Waals surface area contributed by atoms with Gasteiger partial charge in [-0.25, -0.2) is 4.39 Å². The Labute approximate surface area is 199 Å². The molecular weight excluding hydrogens is 431 g/mol. The minimum absolute atomic E-state index is 0.209. The third kappa shape index (κ3) is 4.71. The lowest BCUT2D eigenvalue weighted by molar-refractivity contribution is -0.137. The maximum Gasteiger partial charge on any atom is 0.272 e. The predicted molar refractivity (Wildman–Crippen MR) is 131 cm³/mol. The lowest BCUT2D eigenvalue weighted by atomic mass is 10.0. The predicted octanol–water partition coefficient (Wildman–Crippen LogP) is 4.70. The van der Waals surface area contributed by atoms with E-state index in [1.165, 1.54) is 6.07 Å². The number of hydrogen-bond acceptors (Lipinski definition) is 3. The number of halogens is 1. The highest BCUT2D eigenvalue weighted by Crippen LogP contribution is 2.28. The van der Waals surface area contributed by atoms with Crippen molar-refractivity contribution in [1.29, 1.82) is 0 Å². The normalized spacial score (nSPS) is 17.4. The van der Waals surface area contributed by atoms with E-state index in [9.17, 15) is 14.0 Å². The Hall–Kier alpha value is -3.19. The van der Waals surface area contributed by atoms with Crippen LogP contribution in [0.25, 0.3) is 10.9 Å². The number of aromatic nitrogens is 1. The van der Waals surface area contributed by atoms with Crippen LogP contribution in [0.3, 0.4) is 0 Å². The lowest BCUT2D eigenvalue weighted by Gasteiger charge is -2.36. The molecule has 0 bridgehead atoms. The zero-order chi connectivity index (χ0) is 23.7. The first-order valence-corrected chi connectivity index (χ1v) is 12.2. The van der Waals surface area contributed by atoms with E-state index in [2.05, 4.69) is 15.2 Å². The van der Waals surface area contributed by atoms with E-state index in [0.717, 1.165) is 60.8 Å². The van der Waals surface area contributed by atoms with Crippen molar-refractivity contribution in [3.8, 4) is 0 Å². The molecule has 0 spiro atoms. The number of hydrogen-bond donors (Lipinski definition) is 2. The van der Waals surface area contributed by atoms with E-state index >= 15 is 0 Å². The lowest BCUT2D eigenvalue weighted by Crippen LogP contribution is -2.49. The summed E-state index contributed by atoms with van der Waals surface area (Å²) in [5.41, 5.74) is 3.51. The van der Waals surface area contributed by atoms with Gasteiger partial charge in [-0.2, -0.15) is 0 Å². The Morgan fingerprint density at radius 3 is 2.53 bits per heavy atom. The van der Waals surface area contributed by atoms with Gasteiger partial charge in [0.15, 0.2) is 0 Å². The molecule has 1 aliphatic carbocycles. The number of H-pyrrole nitrogens is 1. The highest BCUT2D eigenvalue weighted by Gasteiger charge is 2.29. The van der Waals surface area contributed by atoms with Crippen molar-refractivity contribution in [3.05, 3.63) is 65.1 Å². The summed E-state index contributed by atoms with van der Waals surface area (Å²) in [6.07, 6.45) is 4.37. The van der Waals surface area contributed by atoms with Gasteiger partial charge in [0.25, 0.3) is 5.91 Å². The summed E-state index contributed by atoms with van der Waals surface area (Å²) in [5, 5.41) is 3.83. The first kappa shape index (κ1) is 22.6. The molecule has 2 N–H and O–H groups in total. The number of carbonyl (C=O) groups excluding carboxylic acids is 2. The fraction of sp³-hybridized carbons (Fsp3) is 0.407. The standard InChI is InChI=1S/C27H31FN4O2/c1-18-21(17-31-10-12-32(13-11-31)27(34)19-6-2-3-7-19)14-22(28)16-24(18)30-26(33)25-15-20-8-4-5-9-23(20)29-25/h4-5,8-9,14-16,19,29H,2-3,6-7,10-13,17H2,1H3,(H,30,33). The number of rotatable bonds is 5. The number of para-hydroxylation sites is 1. The maximum atomic E-state index is 14.5. The van der Waals surface area contributed by atoms with Crippen LogP contribution in [-0.2, 0) is 11.3 Å². The fourth-order valence-corrected chi connectivity index (χ4v) is 5.21. The molecule has 2 heterocycles. The van der Waals surface area contributed by atoms with E-state index in [1.54, 1.807) is 12.1 Å². The van der Waals surface area contributed by atoms with Crippen LogP contribution in [0.2, 0.25) is 0 Å². The van der Waals surface area contributed by atoms with Crippen molar-refractivity contribution in [2.24, 2.45) is 5.92 Å². The van der Waals surface area contributed by atoms with E-state index in [4.69, 9.17) is 0 Å². The minimum Gasteiger partial charge on any atom is -0.351 e. The Morgan fingerprint density at radius 2 is 1.79 bits per heavy atom. The molecule has 0 radical (unpaired) electrons. The first-order valence-electron chi connectivity index (χ1n) is 12.2. The number of aromatic amines is 1. The number of piperazine rings is 1. The van der Waals surface area contributed by atoms with Crippen molar-refractivity contribution < 1.29 is 14.0 Å². The molecule has 7 heteroatoms. The van der Waals surface area contributed by atoms with Crippen LogP contribution in [0.15, 0.2) is 42.5 Å². The van der Waals surface area contributed by atoms with E-state index in [0.29, 0.717) is 36.9 Å². The van der Waals surface area contributed by atoms with Crippen molar-refractivity contribution in [2.45, 2.75) is 39.2 Å². The number of anilines is 1. The molecule has 1 aliphatic heterocycles. The van der Waals surface area contributed by atoms with Crippen LogP contribution in [0.4, 0.5) is 10.1 Å². The Morgan fingerprint density at radius 1 is 1.06 bits per heavy atom. The topological polar surface area (TPSA) is 68.4 Å². The van der Waals surface area contributed by atoms with Gasteiger partial charge in [-0.3, -0.25) is 14.5 Å². The van der Waals surface area contributed by atoms with Crippen molar-refractivity contribution in [3.63, 3.8) is 0 Å². The minimum atomic E-state index is -0.373. The van der Waals surface area contributed by atoms with Gasteiger partial charge in [0.05, 0.1) is 0 Å². The quantitative estimate of drug-likeness (QED) is 0.577. The van der Waals surface area contributed by atoms with Gasteiger partial charge < -0.3 is 15.2 Å². The zero-order valence-corrected chi connectivity index (χ0v) is 19.6. The molecule has 2 aromatic carbocycles. The average molecular weight is 463 g/mol. The van der Waals surface area contributed by atoms with Gasteiger partial charge in [-0.05, 0) is 55.2 Å². The number of nitrogens with zero attached hydrogens (tertiary/aromatic N) is 2. The summed E-state index contributed by atoms with van der Waals surface area (Å²) in [7, 11) is 0. The molecule has 6 nitrogen and oxygen atoms in total. The summed E-state index contributed by atoms with van der Waals surface area (Å²) in [4.78, 5) is 32.9. The second-order valence-electron chi connectivity index (χ2n) is 9.54. The molecule has 5 rings (SSSR count). The van der Waals surface area contributed by atoms with Crippen LogP contribution >= 0.6 is 0 Å². The van der Waals surface area contributed by atoms with Crippen LogP contribution in [0.1, 0.15) is 47.3 Å². The van der Waals surface area contributed by atoms with E-state index < -0.39 is 0 Å². The average Bonchev–Trinajstić information content (AvgIpc) is 3.52.